The SMILES string of the molecule is COC(=O)c1cc(OCCN2CCOCC2)nc(-c2ccc(C#Cc3cccnc3)cc2)c1. The third kappa shape index (κ3) is 6.39. The number of carbonyl (C=O) groups excluding carboxylic acids is 1. The molecule has 0 aliphatic carbocycles. The molecule has 0 saturated carbocycles. The van der Waals surface area contributed by atoms with Crippen LogP contribution in [-0.2, 0) is 9.47 Å². The van der Waals surface area contributed by atoms with Crippen molar-refractivity contribution in [1.29, 1.82) is 0 Å². The maximum absolute atomic E-state index is 12.2. The van der Waals surface area contributed by atoms with Gasteiger partial charge in [0.15, 0.2) is 0 Å². The van der Waals surface area contributed by atoms with Gasteiger partial charge in [-0.3, -0.25) is 9.88 Å². The van der Waals surface area contributed by atoms with Crippen molar-refractivity contribution < 1.29 is 19.0 Å². The van der Waals surface area contributed by atoms with Gasteiger partial charge in [-0.25, -0.2) is 9.78 Å². The second-order valence-electron chi connectivity index (χ2n) is 7.44. The van der Waals surface area contributed by atoms with Gasteiger partial charge in [0.05, 0.1) is 31.6 Å². The lowest BCUT2D eigenvalue weighted by Crippen LogP contribution is -2.38. The molecule has 1 fully saturated rings. The van der Waals surface area contributed by atoms with Gasteiger partial charge in [0, 0.05) is 54.8 Å². The summed E-state index contributed by atoms with van der Waals surface area (Å²) in [6.45, 7) is 4.50. The largest absolute Gasteiger partial charge is 0.476 e. The molecule has 0 amide bonds. The van der Waals surface area contributed by atoms with E-state index in [-0.39, 0.29) is 0 Å². The van der Waals surface area contributed by atoms with Crippen LogP contribution in [0.25, 0.3) is 11.3 Å². The Morgan fingerprint density at radius 2 is 1.88 bits per heavy atom. The van der Waals surface area contributed by atoms with Crippen LogP contribution < -0.4 is 4.74 Å². The van der Waals surface area contributed by atoms with Crippen molar-refractivity contribution in [2.24, 2.45) is 0 Å². The second-order valence-corrected chi connectivity index (χ2v) is 7.44. The lowest BCUT2D eigenvalue weighted by atomic mass is 10.1. The molecule has 0 radical (unpaired) electrons. The summed E-state index contributed by atoms with van der Waals surface area (Å²) in [5, 5.41) is 0. The highest BCUT2D eigenvalue weighted by atomic mass is 16.5. The summed E-state index contributed by atoms with van der Waals surface area (Å²) >= 11 is 0. The van der Waals surface area contributed by atoms with Gasteiger partial charge in [0.25, 0.3) is 0 Å². The molecule has 1 aliphatic rings. The van der Waals surface area contributed by atoms with Crippen molar-refractivity contribution in [2.45, 2.75) is 0 Å². The van der Waals surface area contributed by atoms with E-state index in [1.54, 1.807) is 24.5 Å². The van der Waals surface area contributed by atoms with Gasteiger partial charge in [-0.15, -0.1) is 0 Å². The molecule has 3 heterocycles. The van der Waals surface area contributed by atoms with Crippen LogP contribution in [0.1, 0.15) is 21.5 Å². The van der Waals surface area contributed by atoms with Crippen molar-refractivity contribution in [1.82, 2.24) is 14.9 Å². The highest BCUT2D eigenvalue weighted by molar-refractivity contribution is 5.91. The van der Waals surface area contributed by atoms with Crippen LogP contribution in [0.4, 0.5) is 0 Å². The summed E-state index contributed by atoms with van der Waals surface area (Å²) in [6.07, 6.45) is 3.44. The van der Waals surface area contributed by atoms with Gasteiger partial charge >= 0.3 is 5.97 Å². The standard InChI is InChI=1S/C26H25N3O4/c1-31-26(30)23-17-24(28-25(18-23)33-16-13-29-11-14-32-15-12-29)22-8-6-20(7-9-22)4-5-21-3-2-10-27-19-21/h2-3,6-10,17-19H,11-16H2,1H3. The van der Waals surface area contributed by atoms with Gasteiger partial charge in [-0.05, 0) is 30.3 Å². The second kappa shape index (κ2) is 11.2. The molecule has 1 aromatic carbocycles. The van der Waals surface area contributed by atoms with Gasteiger partial charge in [0.2, 0.25) is 5.88 Å². The molecule has 0 N–H and O–H groups in total. The summed E-state index contributed by atoms with van der Waals surface area (Å²) in [5.74, 6) is 6.17. The predicted octanol–water partition coefficient (Wildman–Crippen LogP) is 3.04. The lowest BCUT2D eigenvalue weighted by molar-refractivity contribution is 0.0320. The molecule has 168 valence electrons. The fourth-order valence-corrected chi connectivity index (χ4v) is 3.37. The number of methoxy groups -OCH3 is 1. The number of pyridine rings is 2. The molecule has 7 nitrogen and oxygen atoms in total. The first-order valence-corrected chi connectivity index (χ1v) is 10.8. The molecule has 2 aromatic heterocycles. The first-order chi connectivity index (χ1) is 16.2. The molecule has 7 heteroatoms. The zero-order valence-corrected chi connectivity index (χ0v) is 18.5. The normalized spacial score (nSPS) is 13.6. The number of benzene rings is 1. The number of esters is 1. The van der Waals surface area contributed by atoms with E-state index in [0.717, 1.165) is 49.5 Å². The topological polar surface area (TPSA) is 73.8 Å². The van der Waals surface area contributed by atoms with E-state index in [9.17, 15) is 4.79 Å². The van der Waals surface area contributed by atoms with Gasteiger partial charge in [-0.1, -0.05) is 24.0 Å². The van der Waals surface area contributed by atoms with Crippen molar-refractivity contribution in [2.75, 3.05) is 46.6 Å². The Morgan fingerprint density at radius 1 is 1.09 bits per heavy atom. The van der Waals surface area contributed by atoms with E-state index < -0.39 is 5.97 Å². The number of ether oxygens (including phenoxy) is 3. The summed E-state index contributed by atoms with van der Waals surface area (Å²) in [4.78, 5) is 23.1. The molecule has 0 atom stereocenters. The molecule has 0 bridgehead atoms. The van der Waals surface area contributed by atoms with Crippen LogP contribution in [-0.4, -0.2) is 67.4 Å². The Labute approximate surface area is 193 Å². The first-order valence-electron chi connectivity index (χ1n) is 10.8. The summed E-state index contributed by atoms with van der Waals surface area (Å²) in [5.41, 5.74) is 3.60. The van der Waals surface area contributed by atoms with E-state index in [4.69, 9.17) is 14.2 Å². The van der Waals surface area contributed by atoms with Crippen LogP contribution in [0, 0.1) is 11.8 Å². The number of morpholine rings is 1. The van der Waals surface area contributed by atoms with E-state index in [1.807, 2.05) is 36.4 Å². The highest BCUT2D eigenvalue weighted by Gasteiger charge is 2.14. The van der Waals surface area contributed by atoms with Crippen LogP contribution in [0.3, 0.4) is 0 Å². The minimum Gasteiger partial charge on any atom is -0.476 e. The predicted molar refractivity (Wildman–Crippen MR) is 124 cm³/mol. The average molecular weight is 444 g/mol. The molecule has 4 rings (SSSR count). The maximum Gasteiger partial charge on any atom is 0.338 e. The third-order valence-corrected chi connectivity index (χ3v) is 5.18. The molecule has 33 heavy (non-hydrogen) atoms. The molecule has 0 unspecified atom stereocenters. The van der Waals surface area contributed by atoms with Crippen molar-refractivity contribution in [3.8, 4) is 29.0 Å². The van der Waals surface area contributed by atoms with E-state index >= 15 is 0 Å². The summed E-state index contributed by atoms with van der Waals surface area (Å²) in [6, 6.07) is 14.8. The number of nitrogens with zero attached hydrogens (tertiary/aromatic N) is 3. The Bertz CT molecular complexity index is 1130. The smallest absolute Gasteiger partial charge is 0.338 e. The van der Waals surface area contributed by atoms with Crippen molar-refractivity contribution >= 4 is 5.97 Å². The van der Waals surface area contributed by atoms with Crippen LogP contribution in [0.15, 0.2) is 60.9 Å². The number of hydrogen-bond donors (Lipinski definition) is 0. The lowest BCUT2D eigenvalue weighted by Gasteiger charge is -2.26. The molecular weight excluding hydrogens is 418 g/mol. The Balaban J connectivity index is 1.50. The quantitative estimate of drug-likeness (QED) is 0.428. The number of hydrogen-bond acceptors (Lipinski definition) is 7. The van der Waals surface area contributed by atoms with E-state index in [2.05, 4.69) is 26.7 Å². The van der Waals surface area contributed by atoms with Gasteiger partial charge in [-0.2, -0.15) is 0 Å². The minimum absolute atomic E-state index is 0.390. The molecule has 0 spiro atoms. The van der Waals surface area contributed by atoms with Crippen molar-refractivity contribution in [3.05, 3.63) is 77.6 Å². The van der Waals surface area contributed by atoms with Crippen LogP contribution >= 0.6 is 0 Å². The third-order valence-electron chi connectivity index (χ3n) is 5.18. The highest BCUT2D eigenvalue weighted by Crippen LogP contribution is 2.23. The molecular formula is C26H25N3O4. The number of rotatable bonds is 6. The number of carbonyl (C=O) groups is 1. The fourth-order valence-electron chi connectivity index (χ4n) is 3.37. The monoisotopic (exact) mass is 443 g/mol. The number of aromatic nitrogens is 2. The summed E-state index contributed by atoms with van der Waals surface area (Å²) < 4.78 is 16.2. The Morgan fingerprint density at radius 3 is 2.61 bits per heavy atom. The van der Waals surface area contributed by atoms with E-state index in [1.165, 1.54) is 7.11 Å². The Hall–Kier alpha value is -3.73. The average Bonchev–Trinajstić information content (AvgIpc) is 2.88. The zero-order valence-electron chi connectivity index (χ0n) is 18.5. The zero-order chi connectivity index (χ0) is 22.9. The van der Waals surface area contributed by atoms with Gasteiger partial charge in [0.1, 0.15) is 6.61 Å². The molecule has 1 saturated heterocycles. The fraction of sp³-hybridized carbons (Fsp3) is 0.269. The molecule has 1 aliphatic heterocycles. The van der Waals surface area contributed by atoms with Gasteiger partial charge < -0.3 is 14.2 Å². The first kappa shape index (κ1) is 22.5. The van der Waals surface area contributed by atoms with Crippen molar-refractivity contribution in [3.63, 3.8) is 0 Å². The minimum atomic E-state index is -0.435. The summed E-state index contributed by atoms with van der Waals surface area (Å²) in [7, 11) is 1.36. The molecule has 3 aromatic rings. The maximum atomic E-state index is 12.2. The van der Waals surface area contributed by atoms with Crippen LogP contribution in [0.2, 0.25) is 0 Å². The van der Waals surface area contributed by atoms with E-state index in [0.29, 0.717) is 23.7 Å². The van der Waals surface area contributed by atoms with Crippen LogP contribution in [0.5, 0.6) is 5.88 Å². The Kier molecular flexibility index (Phi) is 7.64.